The van der Waals surface area contributed by atoms with E-state index in [1.807, 2.05) is 78.9 Å². The van der Waals surface area contributed by atoms with Crippen molar-refractivity contribution in [3.63, 3.8) is 0 Å². The van der Waals surface area contributed by atoms with Crippen molar-refractivity contribution in [3.05, 3.63) is 107 Å². The normalized spacial score (nSPS) is 13.8. The minimum atomic E-state index is -0.216. The molecule has 0 spiro atoms. The molecule has 4 aromatic rings. The first-order chi connectivity index (χ1) is 17.7. The van der Waals surface area contributed by atoms with Crippen molar-refractivity contribution in [2.45, 2.75) is 6.54 Å². The summed E-state index contributed by atoms with van der Waals surface area (Å²) in [5, 5.41) is 4.62. The lowest BCUT2D eigenvalue weighted by molar-refractivity contribution is 0.288. The van der Waals surface area contributed by atoms with E-state index in [4.69, 9.17) is 0 Å². The minimum absolute atomic E-state index is 0.150. The molecule has 36 heavy (non-hydrogen) atoms. The summed E-state index contributed by atoms with van der Waals surface area (Å²) in [6.45, 7) is 4.37. The zero-order valence-corrected chi connectivity index (χ0v) is 20.0. The molecule has 0 bridgehead atoms. The van der Waals surface area contributed by atoms with Gasteiger partial charge in [0.25, 0.3) is 5.56 Å². The van der Waals surface area contributed by atoms with Crippen LogP contribution in [0.25, 0.3) is 22.4 Å². The highest BCUT2D eigenvalue weighted by Crippen LogP contribution is 2.21. The molecule has 5 rings (SSSR count). The molecule has 1 aliphatic rings. The maximum atomic E-state index is 13.2. The standard InChI is InChI=1S/C30H27FN4O/c31-26-13-15-27(16-14-26)34-21-19-33(20-22-34)17-7-8-18-35-30(36)28(24-9-3-1-4-10-24)23-29(32-35)25-11-5-2-6-12-25/h1-6,9-16,23H,17-22H2. The second-order valence-electron chi connectivity index (χ2n) is 8.73. The van der Waals surface area contributed by atoms with Crippen LogP contribution in [-0.2, 0) is 6.54 Å². The third-order valence-corrected chi connectivity index (χ3v) is 6.35. The fourth-order valence-corrected chi connectivity index (χ4v) is 4.34. The molecular weight excluding hydrogens is 451 g/mol. The number of halogens is 1. The smallest absolute Gasteiger partial charge is 0.275 e. The largest absolute Gasteiger partial charge is 0.369 e. The zero-order valence-electron chi connectivity index (χ0n) is 20.0. The van der Waals surface area contributed by atoms with Gasteiger partial charge in [-0.15, -0.1) is 0 Å². The fourth-order valence-electron chi connectivity index (χ4n) is 4.34. The molecule has 3 aromatic carbocycles. The highest BCUT2D eigenvalue weighted by molar-refractivity contribution is 5.69. The van der Waals surface area contributed by atoms with Crippen LogP contribution in [0.4, 0.5) is 10.1 Å². The van der Waals surface area contributed by atoms with E-state index in [0.29, 0.717) is 12.1 Å². The number of piperazine rings is 1. The summed E-state index contributed by atoms with van der Waals surface area (Å²) < 4.78 is 14.6. The molecule has 0 unspecified atom stereocenters. The Morgan fingerprint density at radius 1 is 0.750 bits per heavy atom. The van der Waals surface area contributed by atoms with Gasteiger partial charge in [0.15, 0.2) is 0 Å². The third kappa shape index (κ3) is 5.54. The Morgan fingerprint density at radius 3 is 2.03 bits per heavy atom. The van der Waals surface area contributed by atoms with Crippen LogP contribution >= 0.6 is 0 Å². The van der Waals surface area contributed by atoms with Gasteiger partial charge in [0.05, 0.1) is 17.8 Å². The maximum Gasteiger partial charge on any atom is 0.275 e. The van der Waals surface area contributed by atoms with E-state index >= 15 is 0 Å². The van der Waals surface area contributed by atoms with Crippen molar-refractivity contribution < 1.29 is 4.39 Å². The lowest BCUT2D eigenvalue weighted by Crippen LogP contribution is -2.46. The lowest BCUT2D eigenvalue weighted by Gasteiger charge is -2.35. The summed E-state index contributed by atoms with van der Waals surface area (Å²) >= 11 is 0. The van der Waals surface area contributed by atoms with Gasteiger partial charge >= 0.3 is 0 Å². The van der Waals surface area contributed by atoms with Crippen LogP contribution in [0, 0.1) is 17.7 Å². The molecule has 1 aliphatic heterocycles. The molecule has 1 fully saturated rings. The number of benzene rings is 3. The molecular formula is C30H27FN4O. The second kappa shape index (κ2) is 11.0. The van der Waals surface area contributed by atoms with E-state index in [0.717, 1.165) is 48.7 Å². The van der Waals surface area contributed by atoms with E-state index in [9.17, 15) is 9.18 Å². The summed E-state index contributed by atoms with van der Waals surface area (Å²) in [6, 6.07) is 28.0. The van der Waals surface area contributed by atoms with Crippen molar-refractivity contribution in [1.82, 2.24) is 14.7 Å². The van der Waals surface area contributed by atoms with E-state index in [-0.39, 0.29) is 17.9 Å². The van der Waals surface area contributed by atoms with Gasteiger partial charge in [0.2, 0.25) is 0 Å². The van der Waals surface area contributed by atoms with Crippen molar-refractivity contribution in [1.29, 1.82) is 0 Å². The number of hydrogen-bond acceptors (Lipinski definition) is 4. The van der Waals surface area contributed by atoms with Crippen LogP contribution in [0.5, 0.6) is 0 Å². The van der Waals surface area contributed by atoms with Gasteiger partial charge in [-0.2, -0.15) is 5.10 Å². The van der Waals surface area contributed by atoms with Crippen LogP contribution in [0.2, 0.25) is 0 Å². The Hall–Kier alpha value is -4.21. The minimum Gasteiger partial charge on any atom is -0.369 e. The molecule has 0 saturated carbocycles. The molecule has 0 aliphatic carbocycles. The van der Waals surface area contributed by atoms with E-state index in [1.165, 1.54) is 16.8 Å². The first kappa shape index (κ1) is 23.5. The molecule has 0 radical (unpaired) electrons. The van der Waals surface area contributed by atoms with Crippen LogP contribution in [0.15, 0.2) is 95.8 Å². The topological polar surface area (TPSA) is 41.4 Å². The summed E-state index contributed by atoms with van der Waals surface area (Å²) in [6.07, 6.45) is 0. The quantitative estimate of drug-likeness (QED) is 0.395. The van der Waals surface area contributed by atoms with Gasteiger partial charge in [-0.1, -0.05) is 72.5 Å². The van der Waals surface area contributed by atoms with Gasteiger partial charge in [0, 0.05) is 37.4 Å². The number of nitrogens with zero attached hydrogens (tertiary/aromatic N) is 4. The molecule has 1 aromatic heterocycles. The van der Waals surface area contributed by atoms with Crippen molar-refractivity contribution in [3.8, 4) is 34.2 Å². The number of rotatable bonds is 5. The van der Waals surface area contributed by atoms with Gasteiger partial charge in [-0.05, 0) is 35.9 Å². The average molecular weight is 479 g/mol. The van der Waals surface area contributed by atoms with Crippen LogP contribution < -0.4 is 10.5 Å². The Kier molecular flexibility index (Phi) is 7.20. The van der Waals surface area contributed by atoms with Crippen molar-refractivity contribution >= 4 is 5.69 Å². The Morgan fingerprint density at radius 2 is 1.36 bits per heavy atom. The van der Waals surface area contributed by atoms with Crippen molar-refractivity contribution in [2.75, 3.05) is 37.6 Å². The molecule has 0 N–H and O–H groups in total. The van der Waals surface area contributed by atoms with E-state index in [1.54, 1.807) is 0 Å². The second-order valence-corrected chi connectivity index (χ2v) is 8.73. The molecule has 0 amide bonds. The summed E-state index contributed by atoms with van der Waals surface area (Å²) in [5.41, 5.74) is 4.07. The lowest BCUT2D eigenvalue weighted by atomic mass is 10.0. The Bertz CT molecular complexity index is 1420. The van der Waals surface area contributed by atoms with Crippen LogP contribution in [0.3, 0.4) is 0 Å². The van der Waals surface area contributed by atoms with Gasteiger partial charge < -0.3 is 4.90 Å². The summed E-state index contributed by atoms with van der Waals surface area (Å²) in [4.78, 5) is 17.8. The van der Waals surface area contributed by atoms with Crippen LogP contribution in [0.1, 0.15) is 0 Å². The third-order valence-electron chi connectivity index (χ3n) is 6.35. The zero-order chi connectivity index (χ0) is 24.7. The molecule has 6 heteroatoms. The Balaban J connectivity index is 1.28. The highest BCUT2D eigenvalue weighted by atomic mass is 19.1. The molecule has 5 nitrogen and oxygen atoms in total. The highest BCUT2D eigenvalue weighted by Gasteiger charge is 2.16. The molecule has 180 valence electrons. The van der Waals surface area contributed by atoms with Crippen molar-refractivity contribution in [2.24, 2.45) is 0 Å². The Labute approximate surface area is 210 Å². The monoisotopic (exact) mass is 478 g/mol. The number of aromatic nitrogens is 2. The predicted molar refractivity (Wildman–Crippen MR) is 142 cm³/mol. The van der Waals surface area contributed by atoms with Gasteiger partial charge in [0.1, 0.15) is 12.4 Å². The first-order valence-corrected chi connectivity index (χ1v) is 12.1. The molecule has 0 atom stereocenters. The van der Waals surface area contributed by atoms with E-state index in [2.05, 4.69) is 26.7 Å². The van der Waals surface area contributed by atoms with Gasteiger partial charge in [-0.25, -0.2) is 9.07 Å². The van der Waals surface area contributed by atoms with Crippen LogP contribution in [-0.4, -0.2) is 47.4 Å². The van der Waals surface area contributed by atoms with E-state index < -0.39 is 0 Å². The molecule has 2 heterocycles. The summed E-state index contributed by atoms with van der Waals surface area (Å²) in [5.74, 6) is 6.15. The fraction of sp³-hybridized carbons (Fsp3) is 0.200. The predicted octanol–water partition coefficient (Wildman–Crippen LogP) is 4.54. The average Bonchev–Trinajstić information content (AvgIpc) is 2.94. The number of anilines is 1. The number of hydrogen-bond donors (Lipinski definition) is 0. The first-order valence-electron chi connectivity index (χ1n) is 12.1. The maximum absolute atomic E-state index is 13.2. The van der Waals surface area contributed by atoms with Gasteiger partial charge in [-0.3, -0.25) is 9.69 Å². The molecule has 1 saturated heterocycles. The SMILES string of the molecule is O=c1c(-c2ccccc2)cc(-c2ccccc2)nn1CC#CCN1CCN(c2ccc(F)cc2)CC1. The summed E-state index contributed by atoms with van der Waals surface area (Å²) in [7, 11) is 0.